The van der Waals surface area contributed by atoms with Crippen molar-refractivity contribution in [3.05, 3.63) is 69.5 Å². The van der Waals surface area contributed by atoms with Crippen LogP contribution in [-0.2, 0) is 0 Å². The van der Waals surface area contributed by atoms with Crippen LogP contribution in [0.3, 0.4) is 0 Å². The smallest absolute Gasteiger partial charge is 0.251 e. The zero-order chi connectivity index (χ0) is 14.7. The maximum Gasteiger partial charge on any atom is 0.251 e. The Labute approximate surface area is 126 Å². The molecule has 0 spiro atoms. The van der Waals surface area contributed by atoms with Gasteiger partial charge >= 0.3 is 0 Å². The summed E-state index contributed by atoms with van der Waals surface area (Å²) in [5.74, 6) is -0.572. The zero-order valence-electron chi connectivity index (χ0n) is 10.7. The molecule has 1 atom stereocenters. The van der Waals surface area contributed by atoms with Crippen molar-refractivity contribution in [2.45, 2.75) is 13.0 Å². The van der Waals surface area contributed by atoms with E-state index in [0.29, 0.717) is 15.6 Å². The van der Waals surface area contributed by atoms with E-state index in [-0.39, 0.29) is 17.8 Å². The summed E-state index contributed by atoms with van der Waals surface area (Å²) in [6.45, 7) is 1.82. The third kappa shape index (κ3) is 3.50. The Hall–Kier alpha value is -1.58. The van der Waals surface area contributed by atoms with Crippen molar-refractivity contribution < 1.29 is 9.18 Å². The number of hydrogen-bond donors (Lipinski definition) is 1. The van der Waals surface area contributed by atoms with Gasteiger partial charge in [0.15, 0.2) is 0 Å². The van der Waals surface area contributed by atoms with Crippen LogP contribution >= 0.6 is 23.2 Å². The Morgan fingerprint density at radius 2 is 1.75 bits per heavy atom. The molecule has 0 radical (unpaired) electrons. The molecule has 20 heavy (non-hydrogen) atoms. The fourth-order valence-electron chi connectivity index (χ4n) is 1.75. The lowest BCUT2D eigenvalue weighted by Gasteiger charge is -2.14. The SMILES string of the molecule is C[C@H](NC(=O)c1ccc(Cl)c(Cl)c1)c1ccc(F)cc1. The highest BCUT2D eigenvalue weighted by atomic mass is 35.5. The Morgan fingerprint density at radius 1 is 1.10 bits per heavy atom. The molecule has 2 aromatic rings. The van der Waals surface area contributed by atoms with Crippen LogP contribution in [-0.4, -0.2) is 5.91 Å². The van der Waals surface area contributed by atoms with Gasteiger partial charge in [-0.2, -0.15) is 0 Å². The highest BCUT2D eigenvalue weighted by molar-refractivity contribution is 6.42. The van der Waals surface area contributed by atoms with Crippen LogP contribution in [0.5, 0.6) is 0 Å². The molecular formula is C15H12Cl2FNO. The van der Waals surface area contributed by atoms with E-state index in [0.717, 1.165) is 5.56 Å². The van der Waals surface area contributed by atoms with Crippen molar-refractivity contribution in [1.29, 1.82) is 0 Å². The fourth-order valence-corrected chi connectivity index (χ4v) is 2.05. The first-order valence-electron chi connectivity index (χ1n) is 5.99. The van der Waals surface area contributed by atoms with Gasteiger partial charge < -0.3 is 5.32 Å². The van der Waals surface area contributed by atoms with Crippen molar-refractivity contribution >= 4 is 29.1 Å². The minimum atomic E-state index is -0.309. The molecule has 1 amide bonds. The first-order valence-corrected chi connectivity index (χ1v) is 6.74. The first-order chi connectivity index (χ1) is 9.47. The van der Waals surface area contributed by atoms with Crippen molar-refractivity contribution in [3.8, 4) is 0 Å². The highest BCUT2D eigenvalue weighted by Gasteiger charge is 2.12. The van der Waals surface area contributed by atoms with Crippen molar-refractivity contribution in [2.24, 2.45) is 0 Å². The largest absolute Gasteiger partial charge is 0.346 e. The number of halogens is 3. The Morgan fingerprint density at radius 3 is 2.35 bits per heavy atom. The molecular weight excluding hydrogens is 300 g/mol. The molecule has 0 saturated carbocycles. The van der Waals surface area contributed by atoms with Crippen molar-refractivity contribution in [2.75, 3.05) is 0 Å². The van der Waals surface area contributed by atoms with E-state index in [1.807, 2.05) is 6.92 Å². The van der Waals surface area contributed by atoms with E-state index in [9.17, 15) is 9.18 Å². The molecule has 2 aromatic carbocycles. The van der Waals surface area contributed by atoms with Gasteiger partial charge in [-0.3, -0.25) is 4.79 Å². The molecule has 0 aromatic heterocycles. The second-order valence-corrected chi connectivity index (χ2v) is 5.19. The van der Waals surface area contributed by atoms with Gasteiger partial charge in [0.25, 0.3) is 5.91 Å². The summed E-state index contributed by atoms with van der Waals surface area (Å²) in [4.78, 5) is 12.1. The van der Waals surface area contributed by atoms with E-state index in [4.69, 9.17) is 23.2 Å². The summed E-state index contributed by atoms with van der Waals surface area (Å²) in [7, 11) is 0. The summed E-state index contributed by atoms with van der Waals surface area (Å²) in [6.07, 6.45) is 0. The normalized spacial score (nSPS) is 12.0. The molecule has 0 unspecified atom stereocenters. The van der Waals surface area contributed by atoms with Gasteiger partial charge in [0.05, 0.1) is 16.1 Å². The molecule has 0 fully saturated rings. The topological polar surface area (TPSA) is 29.1 Å². The van der Waals surface area contributed by atoms with Crippen LogP contribution in [0.4, 0.5) is 4.39 Å². The summed E-state index contributed by atoms with van der Waals surface area (Å²) in [5, 5.41) is 3.54. The third-order valence-electron chi connectivity index (χ3n) is 2.90. The quantitative estimate of drug-likeness (QED) is 0.880. The second kappa shape index (κ2) is 6.25. The standard InChI is InChI=1S/C15H12Cl2FNO/c1-9(10-2-5-12(18)6-3-10)19-15(20)11-4-7-13(16)14(17)8-11/h2-9H,1H3,(H,19,20)/t9-/m0/s1. The molecule has 5 heteroatoms. The number of nitrogens with one attached hydrogen (secondary N) is 1. The average molecular weight is 312 g/mol. The monoisotopic (exact) mass is 311 g/mol. The van der Waals surface area contributed by atoms with Crippen LogP contribution in [0.25, 0.3) is 0 Å². The first kappa shape index (κ1) is 14.8. The highest BCUT2D eigenvalue weighted by Crippen LogP contribution is 2.23. The van der Waals surface area contributed by atoms with Gasteiger partial charge in [-0.1, -0.05) is 35.3 Å². The summed E-state index contributed by atoms with van der Waals surface area (Å²) in [5.41, 5.74) is 1.24. The number of rotatable bonds is 3. The van der Waals surface area contributed by atoms with Crippen LogP contribution in [0, 0.1) is 5.82 Å². The molecule has 2 rings (SSSR count). The molecule has 1 N–H and O–H groups in total. The van der Waals surface area contributed by atoms with Gasteiger partial charge in [-0.15, -0.1) is 0 Å². The van der Waals surface area contributed by atoms with Crippen LogP contribution in [0.15, 0.2) is 42.5 Å². The molecule has 0 saturated heterocycles. The zero-order valence-corrected chi connectivity index (χ0v) is 12.2. The molecule has 2 nitrogen and oxygen atoms in total. The van der Waals surface area contributed by atoms with E-state index in [1.54, 1.807) is 24.3 Å². The molecule has 0 heterocycles. The van der Waals surface area contributed by atoms with E-state index >= 15 is 0 Å². The minimum absolute atomic E-state index is 0.238. The van der Waals surface area contributed by atoms with Gasteiger partial charge in [0.1, 0.15) is 5.82 Å². The maximum atomic E-state index is 12.8. The predicted molar refractivity (Wildman–Crippen MR) is 78.7 cm³/mol. The second-order valence-electron chi connectivity index (χ2n) is 4.38. The molecule has 104 valence electrons. The summed E-state index contributed by atoms with van der Waals surface area (Å²) >= 11 is 11.7. The number of carbonyl (C=O) groups excluding carboxylic acids is 1. The van der Waals surface area contributed by atoms with E-state index in [1.165, 1.54) is 18.2 Å². The van der Waals surface area contributed by atoms with E-state index in [2.05, 4.69) is 5.32 Å². The Balaban J connectivity index is 2.10. The summed E-state index contributed by atoms with van der Waals surface area (Å²) < 4.78 is 12.8. The number of amides is 1. The molecule has 0 aliphatic heterocycles. The van der Waals surface area contributed by atoms with Gasteiger partial charge in [-0.25, -0.2) is 4.39 Å². The third-order valence-corrected chi connectivity index (χ3v) is 3.64. The number of hydrogen-bond acceptors (Lipinski definition) is 1. The molecule has 0 bridgehead atoms. The fraction of sp³-hybridized carbons (Fsp3) is 0.133. The van der Waals surface area contributed by atoms with Crippen molar-refractivity contribution in [1.82, 2.24) is 5.32 Å². The van der Waals surface area contributed by atoms with Gasteiger partial charge in [0, 0.05) is 5.56 Å². The van der Waals surface area contributed by atoms with Crippen LogP contribution < -0.4 is 5.32 Å². The Bertz CT molecular complexity index is 628. The van der Waals surface area contributed by atoms with Crippen LogP contribution in [0.1, 0.15) is 28.9 Å². The summed E-state index contributed by atoms with van der Waals surface area (Å²) in [6, 6.07) is 10.4. The van der Waals surface area contributed by atoms with Crippen molar-refractivity contribution in [3.63, 3.8) is 0 Å². The van der Waals surface area contributed by atoms with E-state index < -0.39 is 0 Å². The van der Waals surface area contributed by atoms with Gasteiger partial charge in [-0.05, 0) is 42.8 Å². The average Bonchev–Trinajstić information content (AvgIpc) is 2.42. The molecule has 0 aliphatic carbocycles. The predicted octanol–water partition coefficient (Wildman–Crippen LogP) is 4.62. The lowest BCUT2D eigenvalue weighted by molar-refractivity contribution is 0.0940. The number of benzene rings is 2. The lowest BCUT2D eigenvalue weighted by atomic mass is 10.1. The number of carbonyl (C=O) groups is 1. The minimum Gasteiger partial charge on any atom is -0.346 e. The van der Waals surface area contributed by atoms with Crippen LogP contribution in [0.2, 0.25) is 10.0 Å². The van der Waals surface area contributed by atoms with Gasteiger partial charge in [0.2, 0.25) is 0 Å². The molecule has 0 aliphatic rings. The Kier molecular flexibility index (Phi) is 4.63. The lowest BCUT2D eigenvalue weighted by Crippen LogP contribution is -2.26. The maximum absolute atomic E-state index is 12.8.